The van der Waals surface area contributed by atoms with Gasteiger partial charge in [-0.25, -0.2) is 106 Å². The lowest BCUT2D eigenvalue weighted by Crippen LogP contribution is -2.13. The third kappa shape index (κ3) is 17.3. The zero-order valence-corrected chi connectivity index (χ0v) is 67.3. The summed E-state index contributed by atoms with van der Waals surface area (Å²) in [5.74, 6) is -0.934. The van der Waals surface area contributed by atoms with Crippen molar-refractivity contribution in [1.82, 2.24) is 103 Å². The summed E-state index contributed by atoms with van der Waals surface area (Å²) < 4.78 is 47.5. The van der Waals surface area contributed by atoms with Crippen molar-refractivity contribution in [2.75, 3.05) is 44.2 Å². The standard InChI is InChI=1S/C22H16ClN9.C20H17ClN8.C19H13Cl2FN8.C19H13ClF2N8/c1-12(30-22-16(9-24)21(25)28-11-29-22)15-8-19-27-10-18(23)32(19)31-20(15)14-5-4-13-3-2-6-26-17(13)7-14;1-11-5-4-6-13(7-11)17-14(8-16-24-9-15(21)29(16)28-17)12(2)27-20-18(23-3)19(22)25-10-26-20;1-9(28-19-17(24-2)18(23)26-8-27-19)11-6-15-25-7-14(21)30(15)29-16(11)10-3-4-12(20)13(22)5-10;1-9(28-19-17(24-2)18(23)26-8-27-19)11-6-15-25-7-14(20)30(15)29-16(11)10-3-4-12(21)13(22)5-10/h2-8,10-12H,1H3,(H3,25,28,29,30);4-10,12H,1-2H3,(H3,22,25,26,27);2*3-9H,1H3,(H3,23,26,27,28)/t2*12-;2*9-/m0000/s1. The molecule has 13 aromatic heterocycles. The van der Waals surface area contributed by atoms with Gasteiger partial charge in [-0.3, -0.25) is 4.98 Å². The number of aromatic nitrogens is 21. The number of anilines is 8. The molecule has 0 bridgehead atoms. The van der Waals surface area contributed by atoms with Crippen LogP contribution in [0, 0.1) is 55.4 Å². The Balaban J connectivity index is 0.000000132. The molecule has 4 atom stereocenters. The molecule has 4 aromatic carbocycles. The van der Waals surface area contributed by atoms with Crippen LogP contribution in [0.15, 0.2) is 172 Å². The first-order valence-electron chi connectivity index (χ1n) is 35.8. The Morgan fingerprint density at radius 3 is 1.15 bits per heavy atom. The highest BCUT2D eigenvalue weighted by molar-refractivity contribution is 6.31. The number of nitrogens with one attached hydrogen (secondary N) is 4. The van der Waals surface area contributed by atoms with Gasteiger partial charge in [0.25, 0.3) is 17.1 Å². The fraction of sp³-hybridized carbons (Fsp3) is 0.113. The van der Waals surface area contributed by atoms with Crippen molar-refractivity contribution in [1.29, 1.82) is 5.26 Å². The van der Waals surface area contributed by atoms with Gasteiger partial charge in [0.05, 0.1) is 102 Å². The molecular weight excluding hydrogens is 1660 g/mol. The van der Waals surface area contributed by atoms with Crippen LogP contribution in [0.1, 0.15) is 85.2 Å². The number of hydrogen-bond donors (Lipinski definition) is 8. The molecule has 600 valence electrons. The predicted octanol–water partition coefficient (Wildman–Crippen LogP) is 17.8. The Kier molecular flexibility index (Phi) is 24.0. The maximum atomic E-state index is 14.1. The molecule has 41 heteroatoms. The lowest BCUT2D eigenvalue weighted by Gasteiger charge is -2.19. The van der Waals surface area contributed by atoms with Crippen LogP contribution in [0.3, 0.4) is 0 Å². The first-order valence-corrected chi connectivity index (χ1v) is 37.7. The number of nitrogens with two attached hydrogens (primary N) is 4. The van der Waals surface area contributed by atoms with Gasteiger partial charge in [-0.2, -0.15) is 25.7 Å². The van der Waals surface area contributed by atoms with Gasteiger partial charge in [0.1, 0.15) is 89.3 Å². The van der Waals surface area contributed by atoms with Crippen LogP contribution in [-0.2, 0) is 0 Å². The summed E-state index contributed by atoms with van der Waals surface area (Å²) in [4.78, 5) is 63.7. The molecule has 13 heterocycles. The lowest BCUT2D eigenvalue weighted by molar-refractivity contribution is 0.509. The summed E-state index contributed by atoms with van der Waals surface area (Å²) in [5.41, 5.74) is 35.9. The van der Waals surface area contributed by atoms with Gasteiger partial charge in [0.2, 0.25) is 0 Å². The van der Waals surface area contributed by atoms with Crippen molar-refractivity contribution in [2.24, 2.45) is 0 Å². The molecule has 0 aliphatic rings. The van der Waals surface area contributed by atoms with E-state index in [0.29, 0.717) is 89.0 Å². The van der Waals surface area contributed by atoms with Crippen molar-refractivity contribution in [3.8, 4) is 51.1 Å². The Morgan fingerprint density at radius 1 is 0.397 bits per heavy atom. The van der Waals surface area contributed by atoms with Gasteiger partial charge in [0.15, 0.2) is 54.8 Å². The summed E-state index contributed by atoms with van der Waals surface area (Å²) in [6.07, 6.45) is 12.9. The van der Waals surface area contributed by atoms with E-state index in [0.717, 1.165) is 56.5 Å². The van der Waals surface area contributed by atoms with Crippen molar-refractivity contribution in [3.63, 3.8) is 0 Å². The van der Waals surface area contributed by atoms with Crippen molar-refractivity contribution >= 4 is 155 Å². The van der Waals surface area contributed by atoms with Crippen LogP contribution in [0.25, 0.3) is 93.1 Å². The maximum absolute atomic E-state index is 14.1. The third-order valence-electron chi connectivity index (χ3n) is 18.6. The summed E-state index contributed by atoms with van der Waals surface area (Å²) >= 11 is 30.7. The van der Waals surface area contributed by atoms with Gasteiger partial charge in [-0.05, 0) is 107 Å². The summed E-state index contributed by atoms with van der Waals surface area (Å²) in [5, 5.41) is 43.2. The Hall–Kier alpha value is -15.3. The van der Waals surface area contributed by atoms with E-state index in [2.05, 4.69) is 117 Å². The number of fused-ring (bicyclic) bond motifs is 5. The van der Waals surface area contributed by atoms with Crippen LogP contribution in [-0.4, -0.2) is 103 Å². The molecule has 0 amide bonds. The van der Waals surface area contributed by atoms with E-state index in [1.807, 2.05) is 94.4 Å². The molecule has 0 unspecified atom stereocenters. The smallest absolute Gasteiger partial charge is 0.268 e. The van der Waals surface area contributed by atoms with E-state index >= 15 is 0 Å². The molecule has 0 saturated heterocycles. The second kappa shape index (κ2) is 35.3. The maximum Gasteiger partial charge on any atom is 0.268 e. The zero-order chi connectivity index (χ0) is 85.6. The first kappa shape index (κ1) is 82.2. The Morgan fingerprint density at radius 2 is 0.760 bits per heavy atom. The van der Waals surface area contributed by atoms with E-state index in [-0.39, 0.29) is 79.8 Å². The minimum atomic E-state index is -1.00. The number of nitrogen functional groups attached to an aromatic ring is 4. The van der Waals surface area contributed by atoms with Crippen LogP contribution in [0.2, 0.25) is 25.6 Å². The number of aryl methyl sites for hydroxylation is 1. The van der Waals surface area contributed by atoms with Crippen molar-refractivity contribution < 1.29 is 13.2 Å². The highest BCUT2D eigenvalue weighted by Crippen LogP contribution is 2.40. The number of nitrogens with zero attached hydrogens (tertiary/aromatic N) is 25. The summed E-state index contributed by atoms with van der Waals surface area (Å²) in [7, 11) is 0. The van der Waals surface area contributed by atoms with Crippen LogP contribution < -0.4 is 44.2 Å². The molecular formula is C80H59Cl5F3N33. The minimum Gasteiger partial charge on any atom is -0.392 e. The zero-order valence-electron chi connectivity index (χ0n) is 63.5. The van der Waals surface area contributed by atoms with Gasteiger partial charge >= 0.3 is 0 Å². The van der Waals surface area contributed by atoms with E-state index in [1.54, 1.807) is 52.7 Å². The topological polar surface area (TPSA) is 426 Å². The summed E-state index contributed by atoms with van der Waals surface area (Å²) in [6.45, 7) is 31.6. The van der Waals surface area contributed by atoms with Crippen LogP contribution in [0.5, 0.6) is 0 Å². The summed E-state index contributed by atoms with van der Waals surface area (Å²) in [6, 6.07) is 33.8. The van der Waals surface area contributed by atoms with Gasteiger partial charge in [-0.1, -0.05) is 106 Å². The number of imidazole rings is 4. The van der Waals surface area contributed by atoms with E-state index in [9.17, 15) is 18.4 Å². The molecule has 12 N–H and O–H groups in total. The number of halogens is 8. The molecule has 121 heavy (non-hydrogen) atoms. The highest BCUT2D eigenvalue weighted by atomic mass is 35.5. The molecule has 33 nitrogen and oxygen atoms in total. The number of benzene rings is 4. The SMILES string of the molecule is C[C@H](Nc1ncnc(N)c1C#N)c1cc2ncc(Cl)n2nc1-c1ccc2cccnc2c1.[C-]#[N+]c1c(N)ncnc1N[C@@H](C)c1cc2ncc(Cl)n2nc1-c1ccc(Cl)c(F)c1.[C-]#[N+]c1c(N)ncnc1N[C@@H](C)c1cc2ncc(Cl)n2nc1-c1ccc(F)c(F)c1.[C-]#[N+]c1c(N)ncnc1N[C@@H](C)c1cc2ncc(Cl)n2nc1-c1cccc(C)c1. The molecule has 17 rings (SSSR count). The van der Waals surface area contributed by atoms with Gasteiger partial charge in [-0.15, -0.1) is 0 Å². The molecule has 0 saturated carbocycles. The quantitative estimate of drug-likeness (QED) is 0.0416. The normalized spacial score (nSPS) is 12.0. The molecule has 0 aliphatic carbocycles. The predicted molar refractivity (Wildman–Crippen MR) is 456 cm³/mol. The number of hydrogen-bond acceptors (Lipinski definition) is 26. The fourth-order valence-corrected chi connectivity index (χ4v) is 13.5. The molecule has 0 radical (unpaired) electrons. The van der Waals surface area contributed by atoms with E-state index in [4.69, 9.17) is 111 Å². The van der Waals surface area contributed by atoms with Crippen LogP contribution in [0.4, 0.5) is 76.8 Å². The Labute approximate surface area is 708 Å². The van der Waals surface area contributed by atoms with Crippen molar-refractivity contribution in [2.45, 2.75) is 58.8 Å². The number of rotatable bonds is 16. The lowest BCUT2D eigenvalue weighted by atomic mass is 10.00. The molecule has 0 spiro atoms. The van der Waals surface area contributed by atoms with E-state index < -0.39 is 29.5 Å². The average molecular weight is 1720 g/mol. The average Bonchev–Trinajstić information content (AvgIpc) is 1.69. The van der Waals surface area contributed by atoms with Crippen molar-refractivity contribution in [3.05, 3.63) is 282 Å². The number of pyridine rings is 1. The monoisotopic (exact) mass is 1710 g/mol. The van der Waals surface area contributed by atoms with E-state index in [1.165, 1.54) is 64.9 Å². The molecule has 0 aliphatic heterocycles. The second-order valence-electron chi connectivity index (χ2n) is 26.5. The third-order valence-corrected chi connectivity index (χ3v) is 20.0. The first-order chi connectivity index (χ1) is 58.3. The Bertz CT molecular complexity index is 6870. The van der Waals surface area contributed by atoms with Crippen LogP contribution >= 0.6 is 58.0 Å². The van der Waals surface area contributed by atoms with Gasteiger partial charge in [0, 0.05) is 56.1 Å². The minimum absolute atomic E-state index is 0.00590. The molecule has 17 aromatic rings. The van der Waals surface area contributed by atoms with Gasteiger partial charge < -0.3 is 44.2 Å². The highest BCUT2D eigenvalue weighted by Gasteiger charge is 2.27. The fourth-order valence-electron chi connectivity index (χ4n) is 12.7. The largest absolute Gasteiger partial charge is 0.392 e. The second-order valence-corrected chi connectivity index (χ2v) is 28.5. The number of nitriles is 1. The molecule has 0 fully saturated rings.